The molecule has 3 nitrogen and oxygen atoms in total. The maximum atomic E-state index is 12.3. The Labute approximate surface area is 122 Å². The lowest BCUT2D eigenvalue weighted by Crippen LogP contribution is -2.43. The maximum Gasteiger partial charge on any atom is 0.226 e. The fourth-order valence-electron chi connectivity index (χ4n) is 2.19. The van der Waals surface area contributed by atoms with Gasteiger partial charge in [0.15, 0.2) is 0 Å². The normalized spacial score (nSPS) is 23.8. The zero-order valence-electron chi connectivity index (χ0n) is 11.7. The molecule has 2 N–H and O–H groups in total. The molecule has 0 radical (unpaired) electrons. The van der Waals surface area contributed by atoms with Gasteiger partial charge in [-0.1, -0.05) is 20.3 Å². The van der Waals surface area contributed by atoms with E-state index in [1.165, 1.54) is 12.8 Å². The second-order valence-corrected chi connectivity index (χ2v) is 6.58. The quantitative estimate of drug-likeness (QED) is 0.867. The van der Waals surface area contributed by atoms with E-state index in [4.69, 9.17) is 5.73 Å². The van der Waals surface area contributed by atoms with E-state index in [9.17, 15) is 4.79 Å². The van der Waals surface area contributed by atoms with E-state index in [-0.39, 0.29) is 30.3 Å². The summed E-state index contributed by atoms with van der Waals surface area (Å²) in [6, 6.07) is -0.0527. The van der Waals surface area contributed by atoms with Crippen LogP contribution in [-0.4, -0.2) is 40.9 Å². The lowest BCUT2D eigenvalue weighted by atomic mass is 10.0. The highest BCUT2D eigenvalue weighted by Crippen LogP contribution is 2.23. The number of amides is 1. The first-order valence-corrected chi connectivity index (χ1v) is 7.77. The van der Waals surface area contributed by atoms with Crippen molar-refractivity contribution in [2.45, 2.75) is 51.3 Å². The van der Waals surface area contributed by atoms with Crippen LogP contribution in [0.1, 0.15) is 40.0 Å². The topological polar surface area (TPSA) is 46.3 Å². The number of rotatable bonds is 4. The Balaban J connectivity index is 0.00000289. The fraction of sp³-hybridized carbons (Fsp3) is 0.923. The molecule has 3 unspecified atom stereocenters. The molecule has 1 aliphatic heterocycles. The minimum absolute atomic E-state index is 0. The number of nitrogens with two attached hydrogens (primary N) is 1. The van der Waals surface area contributed by atoms with Crippen molar-refractivity contribution in [2.24, 2.45) is 11.7 Å². The van der Waals surface area contributed by atoms with Gasteiger partial charge in [-0.05, 0) is 25.5 Å². The zero-order chi connectivity index (χ0) is 12.8. The van der Waals surface area contributed by atoms with Crippen molar-refractivity contribution in [3.8, 4) is 0 Å². The van der Waals surface area contributed by atoms with Crippen LogP contribution in [0.2, 0.25) is 0 Å². The molecule has 0 aromatic rings. The van der Waals surface area contributed by atoms with E-state index < -0.39 is 0 Å². The number of carbonyl (C=O) groups excluding carboxylic acids is 1. The van der Waals surface area contributed by atoms with Gasteiger partial charge in [0.2, 0.25) is 5.91 Å². The Morgan fingerprint density at radius 3 is 2.67 bits per heavy atom. The molecule has 1 aliphatic rings. The highest BCUT2D eigenvalue weighted by atomic mass is 35.5. The number of halogens is 1. The van der Waals surface area contributed by atoms with Crippen molar-refractivity contribution in [3.63, 3.8) is 0 Å². The maximum absolute atomic E-state index is 12.3. The van der Waals surface area contributed by atoms with Crippen LogP contribution in [-0.2, 0) is 4.79 Å². The van der Waals surface area contributed by atoms with Crippen molar-refractivity contribution in [1.82, 2.24) is 4.90 Å². The van der Waals surface area contributed by atoms with Gasteiger partial charge in [-0.25, -0.2) is 0 Å². The van der Waals surface area contributed by atoms with Gasteiger partial charge < -0.3 is 10.6 Å². The first kappa shape index (κ1) is 18.1. The molecular formula is C13H27ClN2OS. The molecule has 0 saturated carbocycles. The van der Waals surface area contributed by atoms with Crippen LogP contribution in [0.5, 0.6) is 0 Å². The molecule has 18 heavy (non-hydrogen) atoms. The van der Waals surface area contributed by atoms with Crippen LogP contribution in [0.3, 0.4) is 0 Å². The smallest absolute Gasteiger partial charge is 0.226 e. The fourth-order valence-corrected chi connectivity index (χ4v) is 3.28. The zero-order valence-corrected chi connectivity index (χ0v) is 13.4. The van der Waals surface area contributed by atoms with E-state index in [2.05, 4.69) is 6.92 Å². The van der Waals surface area contributed by atoms with E-state index in [1.807, 2.05) is 30.5 Å². The van der Waals surface area contributed by atoms with E-state index in [0.29, 0.717) is 5.25 Å². The van der Waals surface area contributed by atoms with Gasteiger partial charge in [0.25, 0.3) is 0 Å². The third-order valence-electron chi connectivity index (χ3n) is 3.52. The summed E-state index contributed by atoms with van der Waals surface area (Å²) in [7, 11) is 0. The summed E-state index contributed by atoms with van der Waals surface area (Å²) >= 11 is 1.98. The summed E-state index contributed by atoms with van der Waals surface area (Å²) in [5.41, 5.74) is 5.82. The number of hydrogen-bond donors (Lipinski definition) is 1. The Morgan fingerprint density at radius 1 is 1.44 bits per heavy atom. The van der Waals surface area contributed by atoms with Crippen LogP contribution >= 0.6 is 24.2 Å². The predicted molar refractivity (Wildman–Crippen MR) is 82.4 cm³/mol. The molecule has 1 amide bonds. The summed E-state index contributed by atoms with van der Waals surface area (Å²) in [6.07, 6.45) is 3.63. The summed E-state index contributed by atoms with van der Waals surface area (Å²) < 4.78 is 0. The monoisotopic (exact) mass is 294 g/mol. The van der Waals surface area contributed by atoms with Crippen LogP contribution in [0, 0.1) is 5.92 Å². The number of nitrogens with zero attached hydrogens (tertiary/aromatic N) is 1. The Bertz CT molecular complexity index is 251. The van der Waals surface area contributed by atoms with Crippen LogP contribution in [0.15, 0.2) is 0 Å². The lowest BCUT2D eigenvalue weighted by molar-refractivity contribution is -0.135. The SMILES string of the molecule is CCSC1CCCCN(C(=O)C(C)C(C)N)C1.Cl. The number of hydrogen-bond acceptors (Lipinski definition) is 3. The third-order valence-corrected chi connectivity index (χ3v) is 4.71. The van der Waals surface area contributed by atoms with Crippen LogP contribution in [0.4, 0.5) is 0 Å². The second-order valence-electron chi connectivity index (χ2n) is 5.01. The summed E-state index contributed by atoms with van der Waals surface area (Å²) in [5, 5.41) is 0.617. The average molecular weight is 295 g/mol. The standard InChI is InChI=1S/C13H26N2OS.ClH/c1-4-17-12-7-5-6-8-15(9-12)13(16)10(2)11(3)14;/h10-12H,4-9,14H2,1-3H3;1H. The first-order valence-electron chi connectivity index (χ1n) is 6.72. The molecule has 1 fully saturated rings. The first-order chi connectivity index (χ1) is 8.06. The van der Waals surface area contributed by atoms with Crippen molar-refractivity contribution in [1.29, 1.82) is 0 Å². The molecule has 0 aromatic heterocycles. The van der Waals surface area contributed by atoms with Crippen molar-refractivity contribution >= 4 is 30.1 Å². The molecule has 1 heterocycles. The summed E-state index contributed by atoms with van der Waals surface area (Å²) in [4.78, 5) is 14.3. The molecule has 0 aromatic carbocycles. The second kappa shape index (κ2) is 9.05. The highest BCUT2D eigenvalue weighted by Gasteiger charge is 2.26. The lowest BCUT2D eigenvalue weighted by Gasteiger charge is -2.28. The molecule has 0 spiro atoms. The molecule has 1 saturated heterocycles. The van der Waals surface area contributed by atoms with Crippen molar-refractivity contribution < 1.29 is 4.79 Å². The molecule has 1 rings (SSSR count). The minimum atomic E-state index is -0.0552. The van der Waals surface area contributed by atoms with E-state index in [1.54, 1.807) is 0 Å². The molecule has 0 aliphatic carbocycles. The van der Waals surface area contributed by atoms with Crippen molar-refractivity contribution in [2.75, 3.05) is 18.8 Å². The molecule has 0 bridgehead atoms. The van der Waals surface area contributed by atoms with E-state index >= 15 is 0 Å². The van der Waals surface area contributed by atoms with Crippen LogP contribution < -0.4 is 5.73 Å². The van der Waals surface area contributed by atoms with Gasteiger partial charge in [0, 0.05) is 24.4 Å². The Hall–Kier alpha value is 0.0700. The average Bonchev–Trinajstić information content (AvgIpc) is 2.53. The molecule has 108 valence electrons. The van der Waals surface area contributed by atoms with Crippen molar-refractivity contribution in [3.05, 3.63) is 0 Å². The van der Waals surface area contributed by atoms with E-state index in [0.717, 1.165) is 25.3 Å². The molecule has 3 atom stereocenters. The predicted octanol–water partition coefficient (Wildman–Crippen LogP) is 2.53. The number of likely N-dealkylation sites (tertiary alicyclic amines) is 1. The van der Waals surface area contributed by atoms with Gasteiger partial charge in [-0.2, -0.15) is 11.8 Å². The number of thioether (sulfide) groups is 1. The van der Waals surface area contributed by atoms with Gasteiger partial charge in [-0.3, -0.25) is 4.79 Å². The minimum Gasteiger partial charge on any atom is -0.341 e. The van der Waals surface area contributed by atoms with Gasteiger partial charge in [-0.15, -0.1) is 12.4 Å². The van der Waals surface area contributed by atoms with Gasteiger partial charge >= 0.3 is 0 Å². The molecule has 5 heteroatoms. The molecular weight excluding hydrogens is 268 g/mol. The Kier molecular flexibility index (Phi) is 9.09. The van der Waals surface area contributed by atoms with Gasteiger partial charge in [0.05, 0.1) is 5.92 Å². The number of carbonyl (C=O) groups is 1. The summed E-state index contributed by atoms with van der Waals surface area (Å²) in [5.74, 6) is 1.32. The third kappa shape index (κ3) is 5.37. The Morgan fingerprint density at radius 2 is 2.11 bits per heavy atom. The van der Waals surface area contributed by atoms with Gasteiger partial charge in [0.1, 0.15) is 0 Å². The largest absolute Gasteiger partial charge is 0.341 e. The van der Waals surface area contributed by atoms with Crippen LogP contribution in [0.25, 0.3) is 0 Å². The highest BCUT2D eigenvalue weighted by molar-refractivity contribution is 7.99. The summed E-state index contributed by atoms with van der Waals surface area (Å²) in [6.45, 7) is 7.87.